The van der Waals surface area contributed by atoms with Gasteiger partial charge in [-0.2, -0.15) is 0 Å². The zero-order valence-electron chi connectivity index (χ0n) is 12.3. The number of fused-ring (bicyclic) bond motifs is 1. The van der Waals surface area contributed by atoms with Gasteiger partial charge in [0.2, 0.25) is 0 Å². The molecule has 7 heteroatoms. The lowest BCUT2D eigenvalue weighted by Gasteiger charge is -2.33. The lowest BCUT2D eigenvalue weighted by Crippen LogP contribution is -2.54. The molecule has 0 aromatic carbocycles. The van der Waals surface area contributed by atoms with Crippen LogP contribution in [0.25, 0.3) is 0 Å². The number of nitrogens with one attached hydrogen (secondary N) is 1. The van der Waals surface area contributed by atoms with Crippen molar-refractivity contribution in [3.63, 3.8) is 0 Å². The molecular weight excluding hydrogens is 290 g/mol. The standard InChI is InChI=1S/C15H21NO6/c17-10-9-21-11(14-13(10)16-15(18)22-14)5-1-3-7-19-12-6-2-4-8-20-12/h10-14,17H,2,4-9H2,(H,16,18)/t10-,11-,12?,13-,14+/m1/s1. The minimum Gasteiger partial charge on any atom is -0.441 e. The molecule has 3 rings (SSSR count). The second-order valence-corrected chi connectivity index (χ2v) is 5.64. The zero-order valence-corrected chi connectivity index (χ0v) is 12.3. The maximum Gasteiger partial charge on any atom is 0.408 e. The zero-order chi connectivity index (χ0) is 15.4. The van der Waals surface area contributed by atoms with Gasteiger partial charge in [0.25, 0.3) is 0 Å². The second-order valence-electron chi connectivity index (χ2n) is 5.64. The van der Waals surface area contributed by atoms with Gasteiger partial charge in [0, 0.05) is 13.0 Å². The van der Waals surface area contributed by atoms with Gasteiger partial charge in [0.1, 0.15) is 24.9 Å². The molecule has 0 aromatic heterocycles. The first-order valence-corrected chi connectivity index (χ1v) is 7.70. The monoisotopic (exact) mass is 311 g/mol. The highest BCUT2D eigenvalue weighted by atomic mass is 16.7. The van der Waals surface area contributed by atoms with Gasteiger partial charge >= 0.3 is 6.09 Å². The fourth-order valence-corrected chi connectivity index (χ4v) is 2.87. The van der Waals surface area contributed by atoms with E-state index in [1.165, 1.54) is 0 Å². The van der Waals surface area contributed by atoms with Crippen LogP contribution >= 0.6 is 0 Å². The fraction of sp³-hybridized carbons (Fsp3) is 0.800. The van der Waals surface area contributed by atoms with Crippen molar-refractivity contribution in [3.05, 3.63) is 0 Å². The van der Waals surface area contributed by atoms with Crippen molar-refractivity contribution < 1.29 is 28.8 Å². The topological polar surface area (TPSA) is 86.3 Å². The summed E-state index contributed by atoms with van der Waals surface area (Å²) < 4.78 is 21.6. The van der Waals surface area contributed by atoms with Crippen molar-refractivity contribution in [1.29, 1.82) is 0 Å². The normalized spacial score (nSPS) is 37.5. The molecule has 0 radical (unpaired) electrons. The van der Waals surface area contributed by atoms with Crippen LogP contribution in [-0.2, 0) is 18.9 Å². The molecule has 22 heavy (non-hydrogen) atoms. The molecule has 1 unspecified atom stereocenters. The number of carbonyl (C=O) groups excluding carboxylic acids is 1. The predicted molar refractivity (Wildman–Crippen MR) is 74.9 cm³/mol. The average molecular weight is 311 g/mol. The summed E-state index contributed by atoms with van der Waals surface area (Å²) in [7, 11) is 0. The van der Waals surface area contributed by atoms with Crippen LogP contribution < -0.4 is 5.32 Å². The van der Waals surface area contributed by atoms with Crippen LogP contribution in [0.2, 0.25) is 0 Å². The van der Waals surface area contributed by atoms with E-state index >= 15 is 0 Å². The fourth-order valence-electron chi connectivity index (χ4n) is 2.87. The van der Waals surface area contributed by atoms with E-state index in [2.05, 4.69) is 17.2 Å². The highest BCUT2D eigenvalue weighted by Gasteiger charge is 2.47. The van der Waals surface area contributed by atoms with Crippen LogP contribution in [0.4, 0.5) is 4.79 Å². The van der Waals surface area contributed by atoms with E-state index in [4.69, 9.17) is 18.9 Å². The minimum absolute atomic E-state index is 0.145. The molecule has 3 aliphatic rings. The van der Waals surface area contributed by atoms with Gasteiger partial charge in [0.05, 0.1) is 6.61 Å². The Morgan fingerprint density at radius 1 is 1.32 bits per heavy atom. The molecule has 3 saturated heterocycles. The van der Waals surface area contributed by atoms with Gasteiger partial charge in [-0.05, 0) is 19.3 Å². The van der Waals surface area contributed by atoms with Crippen molar-refractivity contribution in [2.75, 3.05) is 19.8 Å². The Balaban J connectivity index is 1.43. The van der Waals surface area contributed by atoms with E-state index < -0.39 is 24.3 Å². The van der Waals surface area contributed by atoms with Crippen molar-refractivity contribution in [1.82, 2.24) is 5.32 Å². The molecule has 1 amide bonds. The Hall–Kier alpha value is -1.33. The summed E-state index contributed by atoms with van der Waals surface area (Å²) in [6.45, 7) is 1.23. The summed E-state index contributed by atoms with van der Waals surface area (Å²) in [5.41, 5.74) is 0. The number of aliphatic hydroxyl groups excluding tert-OH is 1. The van der Waals surface area contributed by atoms with Gasteiger partial charge in [-0.15, -0.1) is 0 Å². The largest absolute Gasteiger partial charge is 0.441 e. The summed E-state index contributed by atoms with van der Waals surface area (Å²) in [6, 6.07) is -0.417. The van der Waals surface area contributed by atoms with Crippen LogP contribution in [0.15, 0.2) is 0 Å². The third kappa shape index (κ3) is 3.70. The highest BCUT2D eigenvalue weighted by Crippen LogP contribution is 2.25. The summed E-state index contributed by atoms with van der Waals surface area (Å²) in [5, 5.41) is 12.4. The van der Waals surface area contributed by atoms with Crippen molar-refractivity contribution >= 4 is 6.09 Å². The van der Waals surface area contributed by atoms with Crippen LogP contribution in [-0.4, -0.2) is 61.7 Å². The van der Waals surface area contributed by atoms with Gasteiger partial charge < -0.3 is 29.4 Å². The number of aliphatic hydroxyl groups is 1. The Morgan fingerprint density at radius 2 is 2.23 bits per heavy atom. The summed E-state index contributed by atoms with van der Waals surface area (Å²) in [4.78, 5) is 11.3. The van der Waals surface area contributed by atoms with Crippen LogP contribution in [0.1, 0.15) is 25.7 Å². The maximum atomic E-state index is 11.3. The molecule has 3 fully saturated rings. The van der Waals surface area contributed by atoms with E-state index in [1.54, 1.807) is 0 Å². The lowest BCUT2D eigenvalue weighted by atomic mass is 9.96. The smallest absolute Gasteiger partial charge is 0.408 e. The quantitative estimate of drug-likeness (QED) is 0.722. The Kier molecular flexibility index (Phi) is 5.16. The number of ether oxygens (including phenoxy) is 4. The van der Waals surface area contributed by atoms with E-state index in [0.29, 0.717) is 13.0 Å². The first-order valence-electron chi connectivity index (χ1n) is 7.70. The van der Waals surface area contributed by atoms with Crippen LogP contribution in [0.3, 0.4) is 0 Å². The molecule has 0 aromatic rings. The number of amides is 1. The van der Waals surface area contributed by atoms with E-state index in [0.717, 1.165) is 25.9 Å². The predicted octanol–water partition coefficient (Wildman–Crippen LogP) is 0.160. The summed E-state index contributed by atoms with van der Waals surface area (Å²) in [5.74, 6) is 5.91. The third-order valence-corrected chi connectivity index (χ3v) is 4.05. The van der Waals surface area contributed by atoms with Gasteiger partial charge in [0.15, 0.2) is 12.4 Å². The maximum absolute atomic E-state index is 11.3. The van der Waals surface area contributed by atoms with Crippen LogP contribution in [0.5, 0.6) is 0 Å². The van der Waals surface area contributed by atoms with Crippen molar-refractivity contribution in [2.45, 2.75) is 56.3 Å². The minimum atomic E-state index is -0.743. The number of hydrogen-bond acceptors (Lipinski definition) is 6. The van der Waals surface area contributed by atoms with Gasteiger partial charge in [-0.25, -0.2) is 4.79 Å². The molecule has 3 aliphatic heterocycles. The lowest BCUT2D eigenvalue weighted by molar-refractivity contribution is -0.154. The first kappa shape index (κ1) is 15.6. The average Bonchev–Trinajstić information content (AvgIpc) is 2.93. The molecule has 3 heterocycles. The molecule has 122 valence electrons. The SMILES string of the molecule is O=C1N[C@H]2[C@@H](O1)[C@@H](CC#CCOC1CCCCO1)OC[C@H]2O. The molecule has 7 nitrogen and oxygen atoms in total. The number of rotatable bonds is 3. The number of alkyl carbamates (subject to hydrolysis) is 1. The van der Waals surface area contributed by atoms with Crippen molar-refractivity contribution in [3.8, 4) is 11.8 Å². The van der Waals surface area contributed by atoms with E-state index in [9.17, 15) is 9.90 Å². The number of hydrogen-bond donors (Lipinski definition) is 2. The van der Waals surface area contributed by atoms with E-state index in [-0.39, 0.29) is 19.0 Å². The summed E-state index contributed by atoms with van der Waals surface area (Å²) in [6.07, 6.45) is 1.33. The summed E-state index contributed by atoms with van der Waals surface area (Å²) >= 11 is 0. The second kappa shape index (κ2) is 7.29. The Labute approximate surface area is 129 Å². The molecule has 5 atom stereocenters. The van der Waals surface area contributed by atoms with Gasteiger partial charge in [-0.3, -0.25) is 0 Å². The van der Waals surface area contributed by atoms with Gasteiger partial charge in [-0.1, -0.05) is 11.8 Å². The van der Waals surface area contributed by atoms with Crippen molar-refractivity contribution in [2.24, 2.45) is 0 Å². The highest BCUT2D eigenvalue weighted by molar-refractivity contribution is 5.70. The first-order chi connectivity index (χ1) is 10.7. The molecule has 0 bridgehead atoms. The third-order valence-electron chi connectivity index (χ3n) is 4.05. The Bertz CT molecular complexity index is 453. The molecule has 0 aliphatic carbocycles. The van der Waals surface area contributed by atoms with Crippen LogP contribution in [0, 0.1) is 11.8 Å². The number of carbonyl (C=O) groups is 1. The molecule has 0 saturated carbocycles. The molecular formula is C15H21NO6. The molecule has 2 N–H and O–H groups in total. The van der Waals surface area contributed by atoms with E-state index in [1.807, 2.05) is 0 Å². The Morgan fingerprint density at radius 3 is 3.05 bits per heavy atom. The molecule has 0 spiro atoms.